The predicted molar refractivity (Wildman–Crippen MR) is 57.9 cm³/mol. The molecule has 2 aliphatic heterocycles. The van der Waals surface area contributed by atoms with Gasteiger partial charge in [0.2, 0.25) is 5.91 Å². The van der Waals surface area contributed by atoms with Crippen molar-refractivity contribution in [2.24, 2.45) is 11.8 Å². The number of hydrogen-bond acceptors (Lipinski definition) is 3. The molecule has 16 heavy (non-hydrogen) atoms. The van der Waals surface area contributed by atoms with Gasteiger partial charge in [0.1, 0.15) is 6.04 Å². The number of aliphatic carboxylic acids is 1. The highest BCUT2D eigenvalue weighted by atomic mass is 16.4. The standard InChI is InChI=1S/C11H18N2O3/c1-7-5-12-6-8(7)10(14)13-4-2-3-9(13)11(15)16/h7-9,12H,2-6H2,1H3,(H,15,16)/t7-,8-,9+/m1/s1. The zero-order valence-corrected chi connectivity index (χ0v) is 9.48. The van der Waals surface area contributed by atoms with Crippen LogP contribution in [0.2, 0.25) is 0 Å². The maximum absolute atomic E-state index is 12.2. The highest BCUT2D eigenvalue weighted by Gasteiger charge is 2.39. The van der Waals surface area contributed by atoms with Crippen LogP contribution in [0.15, 0.2) is 0 Å². The van der Waals surface area contributed by atoms with Gasteiger partial charge in [-0.25, -0.2) is 4.79 Å². The van der Waals surface area contributed by atoms with Crippen molar-refractivity contribution in [1.82, 2.24) is 10.2 Å². The van der Waals surface area contributed by atoms with E-state index in [1.807, 2.05) is 6.92 Å². The molecule has 90 valence electrons. The molecule has 1 amide bonds. The van der Waals surface area contributed by atoms with Gasteiger partial charge in [-0.2, -0.15) is 0 Å². The van der Waals surface area contributed by atoms with Crippen LogP contribution in [0.4, 0.5) is 0 Å². The topological polar surface area (TPSA) is 69.6 Å². The normalized spacial score (nSPS) is 34.3. The fourth-order valence-corrected chi connectivity index (χ4v) is 2.64. The van der Waals surface area contributed by atoms with Gasteiger partial charge in [-0.3, -0.25) is 4.79 Å². The highest BCUT2D eigenvalue weighted by Crippen LogP contribution is 2.24. The Bertz CT molecular complexity index is 306. The minimum Gasteiger partial charge on any atom is -0.480 e. The smallest absolute Gasteiger partial charge is 0.326 e. The highest BCUT2D eigenvalue weighted by molar-refractivity contribution is 5.86. The van der Waals surface area contributed by atoms with Crippen molar-refractivity contribution < 1.29 is 14.7 Å². The van der Waals surface area contributed by atoms with Gasteiger partial charge in [-0.1, -0.05) is 6.92 Å². The fraction of sp³-hybridized carbons (Fsp3) is 0.818. The Kier molecular flexibility index (Phi) is 3.14. The number of nitrogens with zero attached hydrogens (tertiary/aromatic N) is 1. The predicted octanol–water partition coefficient (Wildman–Crippen LogP) is -0.0825. The number of carbonyl (C=O) groups is 2. The minimum atomic E-state index is -0.871. The van der Waals surface area contributed by atoms with Crippen molar-refractivity contribution in [2.45, 2.75) is 25.8 Å². The molecule has 0 aromatic rings. The van der Waals surface area contributed by atoms with E-state index < -0.39 is 12.0 Å². The molecule has 2 aliphatic rings. The van der Waals surface area contributed by atoms with E-state index in [9.17, 15) is 9.59 Å². The molecule has 2 fully saturated rings. The summed E-state index contributed by atoms with van der Waals surface area (Å²) in [5, 5.41) is 12.2. The molecule has 2 N–H and O–H groups in total. The lowest BCUT2D eigenvalue weighted by Gasteiger charge is -2.26. The maximum atomic E-state index is 12.2. The molecule has 0 saturated carbocycles. The SMILES string of the molecule is C[C@@H]1CNC[C@H]1C(=O)N1CCC[C@H]1C(=O)O. The average molecular weight is 226 g/mol. The molecular formula is C11H18N2O3. The zero-order valence-electron chi connectivity index (χ0n) is 9.48. The van der Waals surface area contributed by atoms with Gasteiger partial charge in [0, 0.05) is 13.1 Å². The van der Waals surface area contributed by atoms with Crippen LogP contribution in [0.1, 0.15) is 19.8 Å². The van der Waals surface area contributed by atoms with Crippen LogP contribution in [-0.2, 0) is 9.59 Å². The van der Waals surface area contributed by atoms with E-state index in [4.69, 9.17) is 5.11 Å². The van der Waals surface area contributed by atoms with Crippen LogP contribution < -0.4 is 5.32 Å². The van der Waals surface area contributed by atoms with E-state index in [0.29, 0.717) is 25.4 Å². The van der Waals surface area contributed by atoms with Gasteiger partial charge in [0.25, 0.3) is 0 Å². The minimum absolute atomic E-state index is 0.0161. The molecule has 3 atom stereocenters. The number of nitrogens with one attached hydrogen (secondary N) is 1. The second-order valence-electron chi connectivity index (χ2n) is 4.77. The third-order valence-electron chi connectivity index (χ3n) is 3.66. The Hall–Kier alpha value is -1.10. The summed E-state index contributed by atoms with van der Waals surface area (Å²) in [6.07, 6.45) is 1.40. The van der Waals surface area contributed by atoms with Crippen LogP contribution in [0.5, 0.6) is 0 Å². The van der Waals surface area contributed by atoms with Crippen LogP contribution >= 0.6 is 0 Å². The summed E-state index contributed by atoms with van der Waals surface area (Å²) in [6, 6.07) is -0.597. The Balaban J connectivity index is 2.06. The molecule has 0 aromatic heterocycles. The van der Waals surface area contributed by atoms with Crippen molar-refractivity contribution >= 4 is 11.9 Å². The molecule has 0 radical (unpaired) electrons. The monoisotopic (exact) mass is 226 g/mol. The number of rotatable bonds is 2. The van der Waals surface area contributed by atoms with E-state index in [2.05, 4.69) is 5.32 Å². The summed E-state index contributed by atoms with van der Waals surface area (Å²) < 4.78 is 0. The van der Waals surface area contributed by atoms with Crippen molar-refractivity contribution in [1.29, 1.82) is 0 Å². The van der Waals surface area contributed by atoms with Crippen molar-refractivity contribution in [3.8, 4) is 0 Å². The van der Waals surface area contributed by atoms with E-state index in [1.54, 1.807) is 4.90 Å². The molecule has 2 saturated heterocycles. The lowest BCUT2D eigenvalue weighted by Crippen LogP contribution is -2.45. The fourth-order valence-electron chi connectivity index (χ4n) is 2.64. The summed E-state index contributed by atoms with van der Waals surface area (Å²) in [5.74, 6) is -0.589. The lowest BCUT2D eigenvalue weighted by molar-refractivity contribution is -0.150. The van der Waals surface area contributed by atoms with Gasteiger partial charge < -0.3 is 15.3 Å². The van der Waals surface area contributed by atoms with Crippen LogP contribution in [-0.4, -0.2) is 47.6 Å². The molecule has 2 rings (SSSR count). The number of likely N-dealkylation sites (tertiary alicyclic amines) is 1. The molecule has 0 aromatic carbocycles. The number of amides is 1. The van der Waals surface area contributed by atoms with Gasteiger partial charge in [0.15, 0.2) is 0 Å². The number of carboxylic acid groups (broad SMARTS) is 1. The van der Waals surface area contributed by atoms with E-state index >= 15 is 0 Å². The van der Waals surface area contributed by atoms with Crippen molar-refractivity contribution in [3.05, 3.63) is 0 Å². The Morgan fingerprint density at radius 2 is 2.12 bits per heavy atom. The number of hydrogen-bond donors (Lipinski definition) is 2. The number of carbonyl (C=O) groups excluding carboxylic acids is 1. The number of carboxylic acids is 1. The van der Waals surface area contributed by atoms with Crippen LogP contribution in [0, 0.1) is 11.8 Å². The molecule has 2 heterocycles. The third kappa shape index (κ3) is 1.91. The largest absolute Gasteiger partial charge is 0.480 e. The van der Waals surface area contributed by atoms with Crippen molar-refractivity contribution in [3.63, 3.8) is 0 Å². The molecule has 0 aliphatic carbocycles. The van der Waals surface area contributed by atoms with Gasteiger partial charge in [-0.05, 0) is 25.3 Å². The Morgan fingerprint density at radius 1 is 1.38 bits per heavy atom. The van der Waals surface area contributed by atoms with Crippen LogP contribution in [0.3, 0.4) is 0 Å². The summed E-state index contributed by atoms with van der Waals surface area (Å²) in [5.41, 5.74) is 0. The van der Waals surface area contributed by atoms with E-state index in [0.717, 1.165) is 13.0 Å². The second-order valence-corrected chi connectivity index (χ2v) is 4.77. The first-order valence-electron chi connectivity index (χ1n) is 5.85. The summed E-state index contributed by atoms with van der Waals surface area (Å²) in [4.78, 5) is 24.8. The van der Waals surface area contributed by atoms with Gasteiger partial charge >= 0.3 is 5.97 Å². The molecule has 5 heteroatoms. The van der Waals surface area contributed by atoms with Crippen LogP contribution in [0.25, 0.3) is 0 Å². The summed E-state index contributed by atoms with van der Waals surface area (Å²) >= 11 is 0. The average Bonchev–Trinajstić information content (AvgIpc) is 2.84. The van der Waals surface area contributed by atoms with Gasteiger partial charge in [0.05, 0.1) is 5.92 Å². The molecular weight excluding hydrogens is 208 g/mol. The first kappa shape index (κ1) is 11.4. The lowest BCUT2D eigenvalue weighted by atomic mass is 9.96. The van der Waals surface area contributed by atoms with E-state index in [-0.39, 0.29) is 11.8 Å². The molecule has 0 spiro atoms. The Morgan fingerprint density at radius 3 is 2.69 bits per heavy atom. The maximum Gasteiger partial charge on any atom is 0.326 e. The van der Waals surface area contributed by atoms with E-state index in [1.165, 1.54) is 0 Å². The first-order chi connectivity index (χ1) is 7.61. The zero-order chi connectivity index (χ0) is 11.7. The van der Waals surface area contributed by atoms with Crippen molar-refractivity contribution in [2.75, 3.05) is 19.6 Å². The molecule has 0 unspecified atom stereocenters. The second kappa shape index (κ2) is 4.41. The summed E-state index contributed by atoms with van der Waals surface area (Å²) in [6.45, 7) is 4.16. The first-order valence-corrected chi connectivity index (χ1v) is 5.85. The third-order valence-corrected chi connectivity index (χ3v) is 3.66. The van der Waals surface area contributed by atoms with Gasteiger partial charge in [-0.15, -0.1) is 0 Å². The molecule has 5 nitrogen and oxygen atoms in total. The summed E-state index contributed by atoms with van der Waals surface area (Å²) in [7, 11) is 0. The Labute approximate surface area is 94.8 Å². The quantitative estimate of drug-likeness (QED) is 0.691. The molecule has 0 bridgehead atoms.